The molecule has 0 aromatic heterocycles. The van der Waals surface area contributed by atoms with Gasteiger partial charge in [0.2, 0.25) is 5.91 Å². The number of nitriles is 1. The number of carbonyl (C=O) groups excluding carboxylic acids is 3. The number of benzene rings is 2. The highest BCUT2D eigenvalue weighted by molar-refractivity contribution is 6.07. The van der Waals surface area contributed by atoms with Gasteiger partial charge in [0.15, 0.2) is 5.78 Å². The number of hydrogen-bond acceptors (Lipinski definition) is 4. The van der Waals surface area contributed by atoms with Gasteiger partial charge in [0, 0.05) is 24.7 Å². The first-order chi connectivity index (χ1) is 16.7. The number of urea groups is 1. The van der Waals surface area contributed by atoms with Crippen molar-refractivity contribution >= 4 is 23.4 Å². The van der Waals surface area contributed by atoms with Crippen LogP contribution in [0.4, 0.5) is 23.7 Å². The predicted octanol–water partition coefficient (Wildman–Crippen LogP) is 4.31. The summed E-state index contributed by atoms with van der Waals surface area (Å²) in [7, 11) is 1.40. The molecular weight excluding hydrogens is 461 g/mol. The third kappa shape index (κ3) is 4.49. The van der Waals surface area contributed by atoms with Crippen molar-refractivity contribution in [3.63, 3.8) is 0 Å². The summed E-state index contributed by atoms with van der Waals surface area (Å²) < 4.78 is 40.2. The molecule has 1 aliphatic heterocycles. The van der Waals surface area contributed by atoms with Crippen molar-refractivity contribution in [3.05, 3.63) is 76.5 Å². The van der Waals surface area contributed by atoms with Crippen molar-refractivity contribution in [1.29, 1.82) is 5.26 Å². The molecule has 0 saturated carbocycles. The van der Waals surface area contributed by atoms with E-state index < -0.39 is 36.3 Å². The number of likely N-dealkylation sites (N-methyl/N-ethyl adjacent to an activating group) is 1. The van der Waals surface area contributed by atoms with Crippen LogP contribution < -0.4 is 10.2 Å². The number of nitrogens with zero attached hydrogens (tertiary/aromatic N) is 3. The van der Waals surface area contributed by atoms with Crippen LogP contribution in [0.1, 0.15) is 42.0 Å². The number of ketones is 1. The molecule has 1 unspecified atom stereocenters. The fourth-order valence-corrected chi connectivity index (χ4v) is 4.47. The summed E-state index contributed by atoms with van der Waals surface area (Å²) in [5, 5.41) is 11.6. The number of Topliss-reactive ketones (excluding diaryl/α,β-unsaturated/α-hetero) is 1. The minimum Gasteiger partial charge on any atom is -0.358 e. The SMILES string of the molecule is CNC(=O)CN1C(=O)N(c2cccc(C(F)(F)F)c2)C2=C(C(=O)CCC2)C1c1ccc(C#N)cc1. The van der Waals surface area contributed by atoms with E-state index in [2.05, 4.69) is 5.32 Å². The summed E-state index contributed by atoms with van der Waals surface area (Å²) in [4.78, 5) is 41.6. The molecule has 0 radical (unpaired) electrons. The second kappa shape index (κ2) is 9.25. The summed E-state index contributed by atoms with van der Waals surface area (Å²) in [6.07, 6.45) is -3.66. The molecule has 0 bridgehead atoms. The fourth-order valence-electron chi connectivity index (χ4n) is 4.47. The average Bonchev–Trinajstić information content (AvgIpc) is 2.84. The molecule has 1 N–H and O–H groups in total. The van der Waals surface area contributed by atoms with Crippen LogP contribution in [0.25, 0.3) is 0 Å². The number of carbonyl (C=O) groups is 3. The van der Waals surface area contributed by atoms with Gasteiger partial charge >= 0.3 is 12.2 Å². The fraction of sp³-hybridized carbons (Fsp3) is 0.280. The van der Waals surface area contributed by atoms with E-state index in [9.17, 15) is 27.6 Å². The zero-order valence-electron chi connectivity index (χ0n) is 18.7. The number of rotatable bonds is 4. The Bertz CT molecular complexity index is 1260. The van der Waals surface area contributed by atoms with Crippen LogP contribution in [0.5, 0.6) is 0 Å². The number of hydrogen-bond donors (Lipinski definition) is 1. The minimum absolute atomic E-state index is 0.0350. The van der Waals surface area contributed by atoms with E-state index in [1.54, 1.807) is 24.3 Å². The van der Waals surface area contributed by atoms with E-state index in [1.807, 2.05) is 6.07 Å². The Morgan fingerprint density at radius 1 is 1.14 bits per heavy atom. The molecule has 0 fully saturated rings. The van der Waals surface area contributed by atoms with Gasteiger partial charge in [-0.05, 0) is 48.7 Å². The van der Waals surface area contributed by atoms with Gasteiger partial charge in [-0.2, -0.15) is 18.4 Å². The highest BCUT2D eigenvalue weighted by Gasteiger charge is 2.45. The Labute approximate surface area is 199 Å². The molecule has 0 saturated heterocycles. The Hall–Kier alpha value is -4.13. The van der Waals surface area contributed by atoms with Crippen molar-refractivity contribution in [3.8, 4) is 6.07 Å². The topological polar surface area (TPSA) is 93.5 Å². The van der Waals surface area contributed by atoms with Crippen LogP contribution >= 0.6 is 0 Å². The van der Waals surface area contributed by atoms with Crippen LogP contribution in [0, 0.1) is 11.3 Å². The van der Waals surface area contributed by atoms with Crippen molar-refractivity contribution in [2.45, 2.75) is 31.5 Å². The smallest absolute Gasteiger partial charge is 0.358 e. The zero-order chi connectivity index (χ0) is 25.3. The number of nitrogens with one attached hydrogen (secondary N) is 1. The van der Waals surface area contributed by atoms with E-state index in [1.165, 1.54) is 24.1 Å². The molecule has 0 spiro atoms. The van der Waals surface area contributed by atoms with E-state index in [-0.39, 0.29) is 23.5 Å². The second-order valence-corrected chi connectivity index (χ2v) is 8.24. The Morgan fingerprint density at radius 2 is 1.86 bits per heavy atom. The number of amides is 3. The van der Waals surface area contributed by atoms with E-state index in [4.69, 9.17) is 5.26 Å². The van der Waals surface area contributed by atoms with Crippen LogP contribution in [-0.4, -0.2) is 36.2 Å². The average molecular weight is 482 g/mol. The monoisotopic (exact) mass is 482 g/mol. The number of halogens is 3. The normalized spacial score (nSPS) is 18.3. The molecular formula is C25H21F3N4O3. The molecule has 2 aromatic rings. The van der Waals surface area contributed by atoms with Crippen molar-refractivity contribution in [2.75, 3.05) is 18.5 Å². The Morgan fingerprint density at radius 3 is 2.49 bits per heavy atom. The molecule has 1 aliphatic carbocycles. The first-order valence-corrected chi connectivity index (χ1v) is 10.9. The van der Waals surface area contributed by atoms with Gasteiger partial charge in [-0.1, -0.05) is 18.2 Å². The highest BCUT2D eigenvalue weighted by atomic mass is 19.4. The van der Waals surface area contributed by atoms with Gasteiger partial charge in [-0.15, -0.1) is 0 Å². The van der Waals surface area contributed by atoms with Gasteiger partial charge in [-0.3, -0.25) is 14.5 Å². The highest BCUT2D eigenvalue weighted by Crippen LogP contribution is 2.44. The summed E-state index contributed by atoms with van der Waals surface area (Å²) >= 11 is 0. The molecule has 10 heteroatoms. The Kier molecular flexibility index (Phi) is 6.35. The Balaban J connectivity index is 1.93. The lowest BCUT2D eigenvalue weighted by Gasteiger charge is -2.45. The van der Waals surface area contributed by atoms with Gasteiger partial charge < -0.3 is 10.2 Å². The molecule has 1 heterocycles. The van der Waals surface area contributed by atoms with Gasteiger partial charge in [-0.25, -0.2) is 4.79 Å². The van der Waals surface area contributed by atoms with E-state index in [0.717, 1.165) is 17.0 Å². The van der Waals surface area contributed by atoms with Crippen LogP contribution in [0.3, 0.4) is 0 Å². The number of allylic oxidation sites excluding steroid dienone is 1. The van der Waals surface area contributed by atoms with Crippen molar-refractivity contribution in [2.24, 2.45) is 0 Å². The summed E-state index contributed by atoms with van der Waals surface area (Å²) in [5.74, 6) is -0.750. The van der Waals surface area contributed by atoms with E-state index >= 15 is 0 Å². The molecule has 2 aromatic carbocycles. The molecule has 3 amide bonds. The summed E-state index contributed by atoms with van der Waals surface area (Å²) in [6, 6.07) is 11.0. The predicted molar refractivity (Wildman–Crippen MR) is 120 cm³/mol. The molecule has 7 nitrogen and oxygen atoms in total. The summed E-state index contributed by atoms with van der Waals surface area (Å²) in [5.41, 5.74) is 0.525. The lowest BCUT2D eigenvalue weighted by Crippen LogP contribution is -2.54. The van der Waals surface area contributed by atoms with Crippen LogP contribution in [0.2, 0.25) is 0 Å². The molecule has 180 valence electrons. The lowest BCUT2D eigenvalue weighted by molar-refractivity contribution is -0.137. The maximum absolute atomic E-state index is 13.8. The molecule has 35 heavy (non-hydrogen) atoms. The molecule has 2 aliphatic rings. The quantitative estimate of drug-likeness (QED) is 0.703. The van der Waals surface area contributed by atoms with Crippen molar-refractivity contribution in [1.82, 2.24) is 10.2 Å². The first-order valence-electron chi connectivity index (χ1n) is 10.9. The maximum Gasteiger partial charge on any atom is 0.416 e. The van der Waals surface area contributed by atoms with Crippen LogP contribution in [0.15, 0.2) is 59.8 Å². The van der Waals surface area contributed by atoms with Crippen LogP contribution in [-0.2, 0) is 15.8 Å². The zero-order valence-corrected chi connectivity index (χ0v) is 18.7. The number of anilines is 1. The van der Waals surface area contributed by atoms with Gasteiger partial charge in [0.25, 0.3) is 0 Å². The summed E-state index contributed by atoms with van der Waals surface area (Å²) in [6.45, 7) is -0.417. The maximum atomic E-state index is 13.8. The third-order valence-electron chi connectivity index (χ3n) is 6.10. The third-order valence-corrected chi connectivity index (χ3v) is 6.10. The van der Waals surface area contributed by atoms with E-state index in [0.29, 0.717) is 29.7 Å². The lowest BCUT2D eigenvalue weighted by atomic mass is 9.83. The molecule has 1 atom stereocenters. The van der Waals surface area contributed by atoms with Gasteiger partial charge in [0.1, 0.15) is 6.54 Å². The van der Waals surface area contributed by atoms with Gasteiger partial charge in [0.05, 0.1) is 28.9 Å². The largest absolute Gasteiger partial charge is 0.416 e. The first kappa shape index (κ1) is 24.0. The number of alkyl halides is 3. The minimum atomic E-state index is -4.62. The molecule has 4 rings (SSSR count). The second-order valence-electron chi connectivity index (χ2n) is 8.24. The van der Waals surface area contributed by atoms with Crippen molar-refractivity contribution < 1.29 is 27.6 Å². The standard InChI is InChI=1S/C25H21F3N4O3/c1-30-21(34)14-31-23(16-10-8-15(13-29)9-11-16)22-19(6-3-7-20(22)33)32(24(31)35)18-5-2-4-17(12-18)25(26,27)28/h2,4-5,8-12,23H,3,6-7,14H2,1H3,(H,30,34).